The van der Waals surface area contributed by atoms with Gasteiger partial charge in [-0.1, -0.05) is 0 Å². The average Bonchev–Trinajstić information content (AvgIpc) is 2.65. The van der Waals surface area contributed by atoms with Gasteiger partial charge in [0.25, 0.3) is 0 Å². The lowest BCUT2D eigenvalue weighted by molar-refractivity contribution is 0.0192. The number of rotatable bonds is 2. The molecule has 1 aliphatic rings. The highest BCUT2D eigenvalue weighted by Gasteiger charge is 2.29. The molecule has 1 N–H and O–H groups in total. The van der Waals surface area contributed by atoms with E-state index in [1.807, 2.05) is 27.8 Å². The summed E-state index contributed by atoms with van der Waals surface area (Å²) >= 11 is 0. The van der Waals surface area contributed by atoms with Gasteiger partial charge < -0.3 is 15.0 Å². The van der Waals surface area contributed by atoms with Crippen LogP contribution < -0.4 is 5.32 Å². The fourth-order valence-corrected chi connectivity index (χ4v) is 1.91. The Labute approximate surface area is 98.3 Å². The number of hydrogen-bond donors (Lipinski definition) is 1. The van der Waals surface area contributed by atoms with E-state index in [0.29, 0.717) is 5.92 Å². The molecule has 1 fully saturated rings. The highest BCUT2D eigenvalue weighted by atomic mass is 16.6. The van der Waals surface area contributed by atoms with E-state index in [-0.39, 0.29) is 12.1 Å². The number of hydrogen-bond acceptors (Lipinski definition) is 3. The Balaban J connectivity index is 2.49. The molecule has 0 aromatic heterocycles. The zero-order valence-electron chi connectivity index (χ0n) is 11.0. The Morgan fingerprint density at radius 2 is 2.12 bits per heavy atom. The molecule has 0 spiro atoms. The minimum Gasteiger partial charge on any atom is -0.444 e. The molecule has 1 amide bonds. The Hall–Kier alpha value is -0.770. The van der Waals surface area contributed by atoms with E-state index < -0.39 is 5.60 Å². The second-order valence-corrected chi connectivity index (χ2v) is 5.58. The highest BCUT2D eigenvalue weighted by molar-refractivity contribution is 5.68. The van der Waals surface area contributed by atoms with Gasteiger partial charge in [0.05, 0.1) is 0 Å². The second-order valence-electron chi connectivity index (χ2n) is 5.58. The number of amides is 1. The van der Waals surface area contributed by atoms with E-state index in [2.05, 4.69) is 12.2 Å². The van der Waals surface area contributed by atoms with Crippen molar-refractivity contribution in [3.8, 4) is 0 Å². The SMILES string of the molecule is C[C@@H]([C@H]1CCNC1)N(C)C(=O)OC(C)(C)C. The van der Waals surface area contributed by atoms with E-state index in [1.54, 1.807) is 4.90 Å². The molecule has 0 aromatic carbocycles. The van der Waals surface area contributed by atoms with Crippen molar-refractivity contribution in [1.29, 1.82) is 0 Å². The maximum Gasteiger partial charge on any atom is 0.410 e. The van der Waals surface area contributed by atoms with Gasteiger partial charge in [0.15, 0.2) is 0 Å². The van der Waals surface area contributed by atoms with E-state index >= 15 is 0 Å². The van der Waals surface area contributed by atoms with Crippen molar-refractivity contribution >= 4 is 6.09 Å². The lowest BCUT2D eigenvalue weighted by Crippen LogP contribution is -2.43. The van der Waals surface area contributed by atoms with Crippen LogP contribution in [0, 0.1) is 5.92 Å². The summed E-state index contributed by atoms with van der Waals surface area (Å²) in [6.07, 6.45) is 0.904. The topological polar surface area (TPSA) is 41.6 Å². The molecule has 0 bridgehead atoms. The number of nitrogens with one attached hydrogen (secondary N) is 1. The normalized spacial score (nSPS) is 22.9. The summed E-state index contributed by atoms with van der Waals surface area (Å²) in [6, 6.07) is 0.227. The van der Waals surface area contributed by atoms with Crippen LogP contribution in [0.1, 0.15) is 34.1 Å². The van der Waals surface area contributed by atoms with Crippen molar-refractivity contribution in [3.63, 3.8) is 0 Å². The molecule has 4 nitrogen and oxygen atoms in total. The van der Waals surface area contributed by atoms with Gasteiger partial charge in [-0.25, -0.2) is 4.79 Å². The molecule has 1 rings (SSSR count). The van der Waals surface area contributed by atoms with Gasteiger partial charge in [-0.05, 0) is 53.1 Å². The molecule has 1 heterocycles. The largest absolute Gasteiger partial charge is 0.444 e. The van der Waals surface area contributed by atoms with Crippen LogP contribution >= 0.6 is 0 Å². The number of ether oxygens (including phenoxy) is 1. The summed E-state index contributed by atoms with van der Waals surface area (Å²) < 4.78 is 5.35. The van der Waals surface area contributed by atoms with Gasteiger partial charge in [0.2, 0.25) is 0 Å². The molecule has 0 saturated carbocycles. The van der Waals surface area contributed by atoms with Crippen LogP contribution in [0.5, 0.6) is 0 Å². The molecule has 0 unspecified atom stereocenters. The van der Waals surface area contributed by atoms with Gasteiger partial charge >= 0.3 is 6.09 Å². The van der Waals surface area contributed by atoms with E-state index in [4.69, 9.17) is 4.74 Å². The lowest BCUT2D eigenvalue weighted by Gasteiger charge is -2.31. The Kier molecular flexibility index (Phi) is 4.19. The number of carbonyl (C=O) groups excluding carboxylic acids is 1. The third-order valence-corrected chi connectivity index (χ3v) is 3.07. The summed E-state index contributed by atoms with van der Waals surface area (Å²) in [5, 5.41) is 3.32. The molecule has 0 aromatic rings. The minimum atomic E-state index is -0.418. The summed E-state index contributed by atoms with van der Waals surface area (Å²) in [6.45, 7) is 9.80. The standard InChI is InChI=1S/C12H24N2O2/c1-9(10-6-7-13-8-10)14(5)11(15)16-12(2,3)4/h9-10,13H,6-8H2,1-5H3/t9-,10-/m0/s1. The van der Waals surface area contributed by atoms with Crippen LogP contribution in [0.4, 0.5) is 4.79 Å². The quantitative estimate of drug-likeness (QED) is 0.784. The van der Waals surface area contributed by atoms with Gasteiger partial charge in [-0.3, -0.25) is 0 Å². The lowest BCUT2D eigenvalue weighted by atomic mass is 10.00. The first-order valence-electron chi connectivity index (χ1n) is 5.98. The zero-order valence-corrected chi connectivity index (χ0v) is 11.0. The van der Waals surface area contributed by atoms with Gasteiger partial charge in [-0.15, -0.1) is 0 Å². The third kappa shape index (κ3) is 3.67. The first-order chi connectivity index (χ1) is 7.31. The van der Waals surface area contributed by atoms with Crippen molar-refractivity contribution in [2.24, 2.45) is 5.92 Å². The maximum atomic E-state index is 11.8. The van der Waals surface area contributed by atoms with E-state index in [0.717, 1.165) is 19.5 Å². The fourth-order valence-electron chi connectivity index (χ4n) is 1.91. The summed E-state index contributed by atoms with van der Waals surface area (Å²) in [4.78, 5) is 13.6. The van der Waals surface area contributed by atoms with E-state index in [1.165, 1.54) is 0 Å². The smallest absolute Gasteiger partial charge is 0.410 e. The first kappa shape index (κ1) is 13.3. The molecule has 1 saturated heterocycles. The van der Waals surface area contributed by atoms with Crippen LogP contribution in [-0.2, 0) is 4.74 Å². The van der Waals surface area contributed by atoms with Crippen LogP contribution in [0.15, 0.2) is 0 Å². The van der Waals surface area contributed by atoms with Crippen LogP contribution in [-0.4, -0.2) is 42.8 Å². The summed E-state index contributed by atoms with van der Waals surface area (Å²) in [5.41, 5.74) is -0.418. The molecule has 0 aliphatic carbocycles. The van der Waals surface area contributed by atoms with Crippen LogP contribution in [0.3, 0.4) is 0 Å². The van der Waals surface area contributed by atoms with Gasteiger partial charge in [-0.2, -0.15) is 0 Å². The van der Waals surface area contributed by atoms with Crippen LogP contribution in [0.2, 0.25) is 0 Å². The second kappa shape index (κ2) is 5.04. The Morgan fingerprint density at radius 1 is 1.50 bits per heavy atom. The minimum absolute atomic E-state index is 0.227. The predicted molar refractivity (Wildman–Crippen MR) is 64.4 cm³/mol. The molecule has 4 heteroatoms. The predicted octanol–water partition coefficient (Wildman–Crippen LogP) is 1.85. The van der Waals surface area contributed by atoms with Crippen molar-refractivity contribution in [2.75, 3.05) is 20.1 Å². The molecule has 0 radical (unpaired) electrons. The Morgan fingerprint density at radius 3 is 2.56 bits per heavy atom. The van der Waals surface area contributed by atoms with Crippen molar-refractivity contribution < 1.29 is 9.53 Å². The number of nitrogens with zero attached hydrogens (tertiary/aromatic N) is 1. The molecular formula is C12H24N2O2. The van der Waals surface area contributed by atoms with Gasteiger partial charge in [0, 0.05) is 13.1 Å². The summed E-state index contributed by atoms with van der Waals surface area (Å²) in [5.74, 6) is 0.539. The Bertz CT molecular complexity index is 242. The van der Waals surface area contributed by atoms with Crippen molar-refractivity contribution in [2.45, 2.75) is 45.8 Å². The third-order valence-electron chi connectivity index (χ3n) is 3.07. The molecule has 94 valence electrons. The van der Waals surface area contributed by atoms with E-state index in [9.17, 15) is 4.79 Å². The highest BCUT2D eigenvalue weighted by Crippen LogP contribution is 2.19. The zero-order chi connectivity index (χ0) is 12.3. The van der Waals surface area contributed by atoms with Crippen molar-refractivity contribution in [1.82, 2.24) is 10.2 Å². The monoisotopic (exact) mass is 228 g/mol. The van der Waals surface area contributed by atoms with Crippen LogP contribution in [0.25, 0.3) is 0 Å². The number of carbonyl (C=O) groups is 1. The van der Waals surface area contributed by atoms with Crippen molar-refractivity contribution in [3.05, 3.63) is 0 Å². The average molecular weight is 228 g/mol. The first-order valence-corrected chi connectivity index (χ1v) is 5.98. The summed E-state index contributed by atoms with van der Waals surface area (Å²) in [7, 11) is 1.82. The van der Waals surface area contributed by atoms with Gasteiger partial charge in [0.1, 0.15) is 5.60 Å². The molecule has 1 aliphatic heterocycles. The molecular weight excluding hydrogens is 204 g/mol. The maximum absolute atomic E-state index is 11.8. The fraction of sp³-hybridized carbons (Fsp3) is 0.917. The molecule has 2 atom stereocenters. The molecule has 16 heavy (non-hydrogen) atoms.